The van der Waals surface area contributed by atoms with E-state index in [4.69, 9.17) is 4.74 Å². The summed E-state index contributed by atoms with van der Waals surface area (Å²) in [5.41, 5.74) is 2.12. The highest BCUT2D eigenvalue weighted by atomic mass is 32.1. The Balaban J connectivity index is 2.08. The van der Waals surface area contributed by atoms with E-state index < -0.39 is 6.04 Å². The van der Waals surface area contributed by atoms with E-state index in [2.05, 4.69) is 12.2 Å². The van der Waals surface area contributed by atoms with Gasteiger partial charge in [0.15, 0.2) is 0 Å². The number of carbonyl (C=O) groups is 1. The van der Waals surface area contributed by atoms with Crippen LogP contribution in [0.3, 0.4) is 0 Å². The zero-order chi connectivity index (χ0) is 15.2. The molecule has 0 bridgehead atoms. The molecule has 1 aromatic carbocycles. The minimum atomic E-state index is -0.406. The van der Waals surface area contributed by atoms with Gasteiger partial charge < -0.3 is 15.2 Å². The Bertz CT molecular complexity index is 592. The highest BCUT2D eigenvalue weighted by Gasteiger charge is 2.16. The molecule has 0 aliphatic heterocycles. The maximum absolute atomic E-state index is 12.2. The molecule has 0 fully saturated rings. The Morgan fingerprint density at radius 2 is 2.10 bits per heavy atom. The van der Waals surface area contributed by atoms with Gasteiger partial charge in [-0.05, 0) is 17.5 Å². The Kier molecular flexibility index (Phi) is 5.36. The third kappa shape index (κ3) is 3.83. The average molecular weight is 305 g/mol. The van der Waals surface area contributed by atoms with Crippen molar-refractivity contribution in [3.8, 4) is 5.75 Å². The normalized spacial score (nSPS) is 12.0. The molecule has 0 saturated heterocycles. The third-order valence-electron chi connectivity index (χ3n) is 3.31. The number of amides is 1. The van der Waals surface area contributed by atoms with Gasteiger partial charge in [-0.1, -0.05) is 31.2 Å². The SMILES string of the molecule is CCc1ccc(C(CO)NC(=O)c2cc(OC)cs2)cc1. The lowest BCUT2D eigenvalue weighted by molar-refractivity contribution is 0.0920. The molecule has 4 nitrogen and oxygen atoms in total. The number of nitrogens with one attached hydrogen (secondary N) is 1. The second kappa shape index (κ2) is 7.24. The number of benzene rings is 1. The summed E-state index contributed by atoms with van der Waals surface area (Å²) in [6.45, 7) is 1.95. The third-order valence-corrected chi connectivity index (χ3v) is 4.22. The van der Waals surface area contributed by atoms with Crippen LogP contribution in [0.1, 0.15) is 33.8 Å². The van der Waals surface area contributed by atoms with Gasteiger partial charge >= 0.3 is 0 Å². The van der Waals surface area contributed by atoms with Crippen molar-refractivity contribution in [1.29, 1.82) is 0 Å². The largest absolute Gasteiger partial charge is 0.496 e. The zero-order valence-corrected chi connectivity index (χ0v) is 12.9. The molecule has 0 aliphatic rings. The maximum atomic E-state index is 12.2. The lowest BCUT2D eigenvalue weighted by atomic mass is 10.0. The highest BCUT2D eigenvalue weighted by Crippen LogP contribution is 2.22. The van der Waals surface area contributed by atoms with Crippen LogP contribution in [0.5, 0.6) is 5.75 Å². The van der Waals surface area contributed by atoms with E-state index in [1.165, 1.54) is 16.9 Å². The van der Waals surface area contributed by atoms with Gasteiger partial charge in [-0.25, -0.2) is 0 Å². The highest BCUT2D eigenvalue weighted by molar-refractivity contribution is 7.12. The van der Waals surface area contributed by atoms with Gasteiger partial charge in [0.1, 0.15) is 5.75 Å². The van der Waals surface area contributed by atoms with Gasteiger partial charge in [-0.3, -0.25) is 4.79 Å². The number of aliphatic hydroxyl groups is 1. The molecule has 2 N–H and O–H groups in total. The van der Waals surface area contributed by atoms with Crippen molar-refractivity contribution < 1.29 is 14.6 Å². The summed E-state index contributed by atoms with van der Waals surface area (Å²) >= 11 is 1.32. The Labute approximate surface area is 128 Å². The second-order valence-corrected chi connectivity index (χ2v) is 5.57. The molecule has 1 amide bonds. The van der Waals surface area contributed by atoms with Gasteiger partial charge in [0.25, 0.3) is 5.91 Å². The van der Waals surface area contributed by atoms with E-state index in [1.54, 1.807) is 18.6 Å². The predicted octanol–water partition coefficient (Wildman–Crippen LogP) is 2.78. The van der Waals surface area contributed by atoms with Crippen LogP contribution in [-0.4, -0.2) is 24.7 Å². The predicted molar refractivity (Wildman–Crippen MR) is 84.0 cm³/mol. The number of aliphatic hydroxyl groups excluding tert-OH is 1. The maximum Gasteiger partial charge on any atom is 0.262 e. The van der Waals surface area contributed by atoms with Crippen LogP contribution in [-0.2, 0) is 6.42 Å². The molecule has 1 heterocycles. The molecule has 0 aliphatic carbocycles. The van der Waals surface area contributed by atoms with Crippen molar-refractivity contribution in [1.82, 2.24) is 5.32 Å². The summed E-state index contributed by atoms with van der Waals surface area (Å²) in [7, 11) is 1.57. The van der Waals surface area contributed by atoms with Gasteiger partial charge in [0.05, 0.1) is 24.6 Å². The van der Waals surface area contributed by atoms with Crippen molar-refractivity contribution in [2.75, 3.05) is 13.7 Å². The van der Waals surface area contributed by atoms with E-state index >= 15 is 0 Å². The molecule has 0 radical (unpaired) electrons. The molecular weight excluding hydrogens is 286 g/mol. The van der Waals surface area contributed by atoms with Crippen LogP contribution < -0.4 is 10.1 Å². The Morgan fingerprint density at radius 3 is 2.62 bits per heavy atom. The average Bonchev–Trinajstić information content (AvgIpc) is 3.01. The number of ether oxygens (including phenoxy) is 1. The van der Waals surface area contributed by atoms with E-state index in [0.717, 1.165) is 12.0 Å². The minimum absolute atomic E-state index is 0.139. The smallest absolute Gasteiger partial charge is 0.262 e. The number of carbonyl (C=O) groups excluding carboxylic acids is 1. The Morgan fingerprint density at radius 1 is 1.38 bits per heavy atom. The van der Waals surface area contributed by atoms with Crippen molar-refractivity contribution >= 4 is 17.2 Å². The second-order valence-electron chi connectivity index (χ2n) is 4.65. The molecule has 0 saturated carbocycles. The number of methoxy groups -OCH3 is 1. The molecular formula is C16H19NO3S. The van der Waals surface area contributed by atoms with Gasteiger partial charge in [-0.2, -0.15) is 0 Å². The number of hydrogen-bond donors (Lipinski definition) is 2. The van der Waals surface area contributed by atoms with Crippen molar-refractivity contribution in [2.24, 2.45) is 0 Å². The van der Waals surface area contributed by atoms with Crippen LogP contribution in [0.25, 0.3) is 0 Å². The summed E-state index contributed by atoms with van der Waals surface area (Å²) < 4.78 is 5.07. The van der Waals surface area contributed by atoms with Crippen LogP contribution >= 0.6 is 11.3 Å². The first-order valence-corrected chi connectivity index (χ1v) is 7.69. The van der Waals surface area contributed by atoms with Gasteiger partial charge in [-0.15, -0.1) is 11.3 Å². The Hall–Kier alpha value is -1.85. The minimum Gasteiger partial charge on any atom is -0.496 e. The van der Waals surface area contributed by atoms with Crippen LogP contribution in [0, 0.1) is 0 Å². The standard InChI is InChI=1S/C16H19NO3S/c1-3-11-4-6-12(7-5-11)14(9-18)17-16(19)15-8-13(20-2)10-21-15/h4-8,10,14,18H,3,9H2,1-2H3,(H,17,19). The van der Waals surface area contributed by atoms with Crippen LogP contribution in [0.15, 0.2) is 35.7 Å². The van der Waals surface area contributed by atoms with Crippen molar-refractivity contribution in [3.63, 3.8) is 0 Å². The number of aryl methyl sites for hydroxylation is 1. The lowest BCUT2D eigenvalue weighted by Crippen LogP contribution is -2.30. The first-order valence-electron chi connectivity index (χ1n) is 6.81. The molecule has 2 rings (SSSR count). The van der Waals surface area contributed by atoms with E-state index in [-0.39, 0.29) is 12.5 Å². The molecule has 1 unspecified atom stereocenters. The monoisotopic (exact) mass is 305 g/mol. The van der Waals surface area contributed by atoms with E-state index in [1.807, 2.05) is 24.3 Å². The summed E-state index contributed by atoms with van der Waals surface area (Å²) in [5, 5.41) is 14.1. The van der Waals surface area contributed by atoms with E-state index in [9.17, 15) is 9.90 Å². The number of hydrogen-bond acceptors (Lipinski definition) is 4. The summed E-state index contributed by atoms with van der Waals surface area (Å²) in [4.78, 5) is 12.7. The lowest BCUT2D eigenvalue weighted by Gasteiger charge is -2.16. The van der Waals surface area contributed by atoms with Crippen LogP contribution in [0.2, 0.25) is 0 Å². The number of rotatable bonds is 6. The first kappa shape index (κ1) is 15.5. The molecule has 21 heavy (non-hydrogen) atoms. The quantitative estimate of drug-likeness (QED) is 0.863. The number of thiophene rings is 1. The first-order chi connectivity index (χ1) is 10.2. The zero-order valence-electron chi connectivity index (χ0n) is 12.1. The van der Waals surface area contributed by atoms with Crippen molar-refractivity contribution in [3.05, 3.63) is 51.7 Å². The molecule has 1 atom stereocenters. The van der Waals surface area contributed by atoms with Crippen LogP contribution in [0.4, 0.5) is 0 Å². The summed E-state index contributed by atoms with van der Waals surface area (Å²) in [6, 6.07) is 9.19. The fourth-order valence-electron chi connectivity index (χ4n) is 1.99. The molecule has 2 aromatic rings. The van der Waals surface area contributed by atoms with Gasteiger partial charge in [0.2, 0.25) is 0 Å². The molecule has 5 heteroatoms. The van der Waals surface area contributed by atoms with E-state index in [0.29, 0.717) is 10.6 Å². The topological polar surface area (TPSA) is 58.6 Å². The molecule has 0 spiro atoms. The summed E-state index contributed by atoms with van der Waals surface area (Å²) in [6.07, 6.45) is 0.964. The summed E-state index contributed by atoms with van der Waals surface area (Å²) in [5.74, 6) is 0.458. The van der Waals surface area contributed by atoms with Crippen molar-refractivity contribution in [2.45, 2.75) is 19.4 Å². The fraction of sp³-hybridized carbons (Fsp3) is 0.312. The fourth-order valence-corrected chi connectivity index (χ4v) is 2.75. The molecule has 112 valence electrons. The molecule has 1 aromatic heterocycles. The van der Waals surface area contributed by atoms with Gasteiger partial charge in [0, 0.05) is 11.4 Å².